The second-order valence-electron chi connectivity index (χ2n) is 3.92. The molecule has 1 aromatic carbocycles. The van der Waals surface area contributed by atoms with Crippen LogP contribution in [0.2, 0.25) is 0 Å². The first kappa shape index (κ1) is 11.6. The maximum atomic E-state index is 11.6. The highest BCUT2D eigenvalue weighted by atomic mass is 16.3. The van der Waals surface area contributed by atoms with Crippen molar-refractivity contribution in [3.8, 4) is 0 Å². The zero-order valence-corrected chi connectivity index (χ0v) is 9.86. The monoisotopic (exact) mass is 233 g/mol. The van der Waals surface area contributed by atoms with Crippen LogP contribution in [-0.2, 0) is 4.79 Å². The van der Waals surface area contributed by atoms with E-state index >= 15 is 0 Å². The van der Waals surface area contributed by atoms with Gasteiger partial charge in [-0.3, -0.25) is 4.79 Å². The van der Waals surface area contributed by atoms with Gasteiger partial charge in [-0.15, -0.1) is 0 Å². The number of rotatable bonds is 3. The number of nitrogens with zero attached hydrogens (tertiary/aromatic N) is 1. The van der Waals surface area contributed by atoms with Gasteiger partial charge in [0, 0.05) is 18.7 Å². The Morgan fingerprint density at radius 1 is 1.59 bits per heavy atom. The highest BCUT2D eigenvalue weighted by Crippen LogP contribution is 2.19. The molecule has 2 aromatic rings. The number of fused-ring (bicyclic) bond motifs is 1. The smallest absolute Gasteiger partial charge is 0.241 e. The number of aromatic nitrogens is 1. The number of benzene rings is 1. The van der Waals surface area contributed by atoms with E-state index in [-0.39, 0.29) is 5.91 Å². The minimum atomic E-state index is -0.484. The highest BCUT2D eigenvalue weighted by Gasteiger charge is 2.11. The molecule has 1 amide bonds. The summed E-state index contributed by atoms with van der Waals surface area (Å²) >= 11 is 0. The molecule has 1 atom stereocenters. The van der Waals surface area contributed by atoms with E-state index in [0.29, 0.717) is 23.6 Å². The van der Waals surface area contributed by atoms with E-state index in [1.54, 1.807) is 25.1 Å². The van der Waals surface area contributed by atoms with Gasteiger partial charge in [-0.1, -0.05) is 6.92 Å². The molecule has 2 rings (SSSR count). The molecule has 3 N–H and O–H groups in total. The minimum absolute atomic E-state index is 0.192. The lowest BCUT2D eigenvalue weighted by atomic mass is 10.2. The minimum Gasteiger partial charge on any atom is -0.441 e. The third kappa shape index (κ3) is 2.45. The van der Waals surface area contributed by atoms with Crippen molar-refractivity contribution in [1.29, 1.82) is 0 Å². The molecule has 5 heteroatoms. The van der Waals surface area contributed by atoms with Crippen LogP contribution in [0.1, 0.15) is 19.2 Å². The van der Waals surface area contributed by atoms with E-state index in [4.69, 9.17) is 10.2 Å². The molecule has 1 aromatic heterocycles. The Morgan fingerprint density at radius 2 is 2.35 bits per heavy atom. The molecule has 0 saturated heterocycles. The molecular weight excluding hydrogens is 218 g/mol. The predicted octanol–water partition coefficient (Wildman–Crippen LogP) is 1.81. The van der Waals surface area contributed by atoms with Gasteiger partial charge in [0.1, 0.15) is 5.52 Å². The number of carbonyl (C=O) groups is 1. The highest BCUT2D eigenvalue weighted by molar-refractivity contribution is 5.96. The van der Waals surface area contributed by atoms with Crippen molar-refractivity contribution in [2.75, 3.05) is 5.32 Å². The van der Waals surface area contributed by atoms with Crippen LogP contribution in [0.3, 0.4) is 0 Å². The van der Waals surface area contributed by atoms with Gasteiger partial charge >= 0.3 is 0 Å². The maximum Gasteiger partial charge on any atom is 0.241 e. The quantitative estimate of drug-likeness (QED) is 0.847. The summed E-state index contributed by atoms with van der Waals surface area (Å²) in [6.45, 7) is 3.65. The number of aryl methyl sites for hydroxylation is 1. The molecule has 0 aliphatic heterocycles. The number of hydrogen-bond acceptors (Lipinski definition) is 4. The van der Waals surface area contributed by atoms with Crippen molar-refractivity contribution in [2.24, 2.45) is 5.73 Å². The molecular formula is C12H15N3O2. The molecule has 0 fully saturated rings. The van der Waals surface area contributed by atoms with Crippen molar-refractivity contribution in [1.82, 2.24) is 4.98 Å². The van der Waals surface area contributed by atoms with Crippen LogP contribution < -0.4 is 11.1 Å². The fraction of sp³-hybridized carbons (Fsp3) is 0.333. The number of hydrogen-bond donors (Lipinski definition) is 2. The lowest BCUT2D eigenvalue weighted by Crippen LogP contribution is -2.34. The van der Waals surface area contributed by atoms with E-state index in [0.717, 1.165) is 5.52 Å². The van der Waals surface area contributed by atoms with Gasteiger partial charge < -0.3 is 15.5 Å². The second kappa shape index (κ2) is 4.55. The van der Waals surface area contributed by atoms with Gasteiger partial charge in [0.25, 0.3) is 0 Å². The lowest BCUT2D eigenvalue weighted by molar-refractivity contribution is -0.117. The van der Waals surface area contributed by atoms with Gasteiger partial charge in [-0.2, -0.15) is 0 Å². The zero-order valence-electron chi connectivity index (χ0n) is 9.86. The maximum absolute atomic E-state index is 11.6. The summed E-state index contributed by atoms with van der Waals surface area (Å²) in [5.74, 6) is 0.414. The van der Waals surface area contributed by atoms with E-state index in [9.17, 15) is 4.79 Å². The zero-order chi connectivity index (χ0) is 12.4. The number of oxazole rings is 1. The summed E-state index contributed by atoms with van der Waals surface area (Å²) < 4.78 is 5.38. The van der Waals surface area contributed by atoms with E-state index in [2.05, 4.69) is 10.3 Å². The van der Waals surface area contributed by atoms with Gasteiger partial charge in [0.05, 0.1) is 6.04 Å². The molecule has 90 valence electrons. The summed E-state index contributed by atoms with van der Waals surface area (Å²) in [6.07, 6.45) is 0.607. The lowest BCUT2D eigenvalue weighted by Gasteiger charge is -2.09. The van der Waals surface area contributed by atoms with Crippen molar-refractivity contribution in [2.45, 2.75) is 26.3 Å². The largest absolute Gasteiger partial charge is 0.441 e. The molecule has 5 nitrogen and oxygen atoms in total. The summed E-state index contributed by atoms with van der Waals surface area (Å²) in [5, 5.41) is 2.74. The summed E-state index contributed by atoms with van der Waals surface area (Å²) in [4.78, 5) is 15.8. The molecule has 0 aliphatic rings. The van der Waals surface area contributed by atoms with Crippen LogP contribution in [0.15, 0.2) is 22.6 Å². The van der Waals surface area contributed by atoms with Crippen molar-refractivity contribution in [3.63, 3.8) is 0 Å². The molecule has 0 saturated carbocycles. The molecule has 1 unspecified atom stereocenters. The predicted molar refractivity (Wildman–Crippen MR) is 65.6 cm³/mol. The molecule has 0 aliphatic carbocycles. The van der Waals surface area contributed by atoms with Crippen molar-refractivity contribution in [3.05, 3.63) is 24.1 Å². The Labute approximate surface area is 99.0 Å². The van der Waals surface area contributed by atoms with E-state index < -0.39 is 6.04 Å². The van der Waals surface area contributed by atoms with Gasteiger partial charge in [0.15, 0.2) is 11.5 Å². The van der Waals surface area contributed by atoms with Gasteiger partial charge in [0.2, 0.25) is 5.91 Å². The van der Waals surface area contributed by atoms with Crippen LogP contribution >= 0.6 is 0 Å². The first-order chi connectivity index (χ1) is 8.10. The first-order valence-electron chi connectivity index (χ1n) is 5.53. The summed E-state index contributed by atoms with van der Waals surface area (Å²) in [6, 6.07) is 4.85. The SMILES string of the molecule is CCC(N)C(=O)Nc1ccc2nc(C)oc2c1. The Morgan fingerprint density at radius 3 is 3.06 bits per heavy atom. The third-order valence-electron chi connectivity index (χ3n) is 2.54. The molecule has 0 bridgehead atoms. The van der Waals surface area contributed by atoms with Crippen molar-refractivity contribution < 1.29 is 9.21 Å². The molecule has 0 radical (unpaired) electrons. The first-order valence-corrected chi connectivity index (χ1v) is 5.53. The summed E-state index contributed by atoms with van der Waals surface area (Å²) in [7, 11) is 0. The molecule has 1 heterocycles. The topological polar surface area (TPSA) is 81.2 Å². The average molecular weight is 233 g/mol. The Hall–Kier alpha value is -1.88. The van der Waals surface area contributed by atoms with E-state index in [1.165, 1.54) is 0 Å². The molecule has 0 spiro atoms. The van der Waals surface area contributed by atoms with Crippen LogP contribution in [0.25, 0.3) is 11.1 Å². The van der Waals surface area contributed by atoms with Crippen molar-refractivity contribution >= 4 is 22.7 Å². The summed E-state index contributed by atoms with van der Waals surface area (Å²) in [5.41, 5.74) is 7.74. The van der Waals surface area contributed by atoms with Crippen LogP contribution in [0.5, 0.6) is 0 Å². The average Bonchev–Trinajstić information content (AvgIpc) is 2.67. The number of nitrogens with two attached hydrogens (primary N) is 1. The normalized spacial score (nSPS) is 12.6. The van der Waals surface area contributed by atoms with Crippen LogP contribution in [0, 0.1) is 6.92 Å². The Balaban J connectivity index is 2.22. The molecule has 17 heavy (non-hydrogen) atoms. The third-order valence-corrected chi connectivity index (χ3v) is 2.54. The fourth-order valence-electron chi connectivity index (χ4n) is 1.54. The standard InChI is InChI=1S/C12H15N3O2/c1-3-9(13)12(16)15-8-4-5-10-11(6-8)17-7(2)14-10/h4-6,9H,3,13H2,1-2H3,(H,15,16). The fourth-order valence-corrected chi connectivity index (χ4v) is 1.54. The number of nitrogens with one attached hydrogen (secondary N) is 1. The van der Waals surface area contributed by atoms with Crippen LogP contribution in [-0.4, -0.2) is 16.9 Å². The van der Waals surface area contributed by atoms with Crippen LogP contribution in [0.4, 0.5) is 5.69 Å². The number of carbonyl (C=O) groups excluding carboxylic acids is 1. The number of anilines is 1. The number of amides is 1. The van der Waals surface area contributed by atoms with Gasteiger partial charge in [-0.25, -0.2) is 4.98 Å². The van der Waals surface area contributed by atoms with Gasteiger partial charge in [-0.05, 0) is 18.6 Å². The Bertz CT molecular complexity index is 548. The van der Waals surface area contributed by atoms with E-state index in [1.807, 2.05) is 6.92 Å². The second-order valence-corrected chi connectivity index (χ2v) is 3.92. The Kier molecular flexibility index (Phi) is 3.10.